The number of hydrogen-bond donors (Lipinski definition) is 5. The van der Waals surface area contributed by atoms with Crippen molar-refractivity contribution < 1.29 is 24.3 Å². The van der Waals surface area contributed by atoms with Crippen LogP contribution < -0.4 is 20.9 Å². The highest BCUT2D eigenvalue weighted by Crippen LogP contribution is 2.39. The molecule has 3 aromatic rings. The highest BCUT2D eigenvalue weighted by molar-refractivity contribution is 6.08. The molecule has 12 nitrogen and oxygen atoms in total. The summed E-state index contributed by atoms with van der Waals surface area (Å²) in [7, 11) is 0. The van der Waals surface area contributed by atoms with Gasteiger partial charge in [0.05, 0.1) is 25.0 Å². The quantitative estimate of drug-likeness (QED) is 0.271. The third-order valence-corrected chi connectivity index (χ3v) is 6.78. The van der Waals surface area contributed by atoms with E-state index in [9.17, 15) is 24.3 Å². The predicted octanol–water partition coefficient (Wildman–Crippen LogP) is -0.399. The van der Waals surface area contributed by atoms with Gasteiger partial charge in [-0.1, -0.05) is 36.4 Å². The number of carbonyl (C=O) groups is 4. The highest BCUT2D eigenvalue weighted by Gasteiger charge is 2.44. The van der Waals surface area contributed by atoms with Crippen molar-refractivity contribution in [2.75, 3.05) is 11.5 Å². The highest BCUT2D eigenvalue weighted by atomic mass is 16.3. The fourth-order valence-corrected chi connectivity index (χ4v) is 4.88. The molecule has 2 aliphatic heterocycles. The van der Waals surface area contributed by atoms with Gasteiger partial charge in [0.15, 0.2) is 0 Å². The van der Waals surface area contributed by atoms with Gasteiger partial charge in [-0.15, -0.1) is 0 Å². The molecule has 0 fully saturated rings. The number of aromatic amines is 1. The number of aromatic nitrogens is 3. The number of aryl methyl sites for hydroxylation is 1. The molecule has 0 saturated carbocycles. The second-order valence-electron chi connectivity index (χ2n) is 9.21. The minimum atomic E-state index is -1.25. The molecule has 0 radical (unpaired) electrons. The first-order valence-electron chi connectivity index (χ1n) is 12.3. The van der Waals surface area contributed by atoms with Crippen LogP contribution in [0, 0.1) is 0 Å². The predicted molar refractivity (Wildman–Crippen MR) is 135 cm³/mol. The van der Waals surface area contributed by atoms with Crippen molar-refractivity contribution in [3.63, 3.8) is 0 Å². The summed E-state index contributed by atoms with van der Waals surface area (Å²) in [5.74, 6) is -1.98. The molecule has 1 aromatic heterocycles. The van der Waals surface area contributed by atoms with Crippen LogP contribution >= 0.6 is 0 Å². The number of anilines is 1. The molecule has 3 heterocycles. The Kier molecular flexibility index (Phi) is 7.13. The molecule has 3 atom stereocenters. The van der Waals surface area contributed by atoms with Crippen molar-refractivity contribution in [2.45, 2.75) is 43.9 Å². The molecule has 5 rings (SSSR count). The number of nitrogens with one attached hydrogen (secondary N) is 4. The Labute approximate surface area is 217 Å². The lowest BCUT2D eigenvalue weighted by Crippen LogP contribution is -2.57. The Bertz CT molecular complexity index is 1350. The SMILES string of the molecule is O=C(N[C@@H](CO)C(=O)N[C@H]1CCc2cccc3c2N(C1=O)[C@H](C(=O)NCc1cn[nH]n1)C3)c1ccccc1. The lowest BCUT2D eigenvalue weighted by molar-refractivity contribution is -0.130. The van der Waals surface area contributed by atoms with E-state index in [0.29, 0.717) is 36.2 Å². The minimum absolute atomic E-state index is 0.149. The Hall–Kier alpha value is -4.58. The number of benzene rings is 2. The molecule has 2 aliphatic rings. The summed E-state index contributed by atoms with van der Waals surface area (Å²) in [6.07, 6.45) is 2.64. The van der Waals surface area contributed by atoms with Gasteiger partial charge in [-0.05, 0) is 36.1 Å². The third-order valence-electron chi connectivity index (χ3n) is 6.78. The van der Waals surface area contributed by atoms with E-state index in [0.717, 1.165) is 11.1 Å². The molecule has 0 saturated heterocycles. The van der Waals surface area contributed by atoms with E-state index in [1.807, 2.05) is 18.2 Å². The molecular weight excluding hydrogens is 490 g/mol. The van der Waals surface area contributed by atoms with Crippen molar-refractivity contribution in [3.05, 3.63) is 77.1 Å². The Morgan fingerprint density at radius 1 is 1.11 bits per heavy atom. The number of hydrogen-bond acceptors (Lipinski definition) is 7. The van der Waals surface area contributed by atoms with E-state index >= 15 is 0 Å². The van der Waals surface area contributed by atoms with Crippen LogP contribution in [-0.4, -0.2) is 68.9 Å². The lowest BCUT2D eigenvalue weighted by atomic mass is 10.0. The van der Waals surface area contributed by atoms with Gasteiger partial charge in [0.1, 0.15) is 23.8 Å². The summed E-state index contributed by atoms with van der Waals surface area (Å²) in [4.78, 5) is 54.0. The number of aliphatic hydroxyl groups is 1. The van der Waals surface area contributed by atoms with Crippen molar-refractivity contribution in [3.8, 4) is 0 Å². The van der Waals surface area contributed by atoms with Crippen molar-refractivity contribution >= 4 is 29.3 Å². The first-order valence-corrected chi connectivity index (χ1v) is 12.3. The van der Waals surface area contributed by atoms with E-state index in [1.165, 1.54) is 11.1 Å². The zero-order chi connectivity index (χ0) is 26.6. The van der Waals surface area contributed by atoms with Gasteiger partial charge in [-0.2, -0.15) is 15.4 Å². The van der Waals surface area contributed by atoms with Crippen molar-refractivity contribution in [1.82, 2.24) is 31.4 Å². The number of nitrogens with zero attached hydrogens (tertiary/aromatic N) is 3. The smallest absolute Gasteiger partial charge is 0.251 e. The van der Waals surface area contributed by atoms with E-state index < -0.39 is 42.5 Å². The maximum atomic E-state index is 13.8. The number of H-pyrrole nitrogens is 1. The van der Waals surface area contributed by atoms with Gasteiger partial charge in [0.2, 0.25) is 17.7 Å². The van der Waals surface area contributed by atoms with Crippen molar-refractivity contribution in [1.29, 1.82) is 0 Å². The molecule has 4 amide bonds. The molecule has 0 spiro atoms. The van der Waals surface area contributed by atoms with Gasteiger partial charge in [-0.25, -0.2) is 0 Å². The second kappa shape index (κ2) is 10.8. The number of carbonyl (C=O) groups excluding carboxylic acids is 4. The molecule has 12 heteroatoms. The Morgan fingerprint density at radius 3 is 2.63 bits per heavy atom. The summed E-state index contributed by atoms with van der Waals surface area (Å²) < 4.78 is 0. The van der Waals surface area contributed by atoms with Crippen LogP contribution in [-0.2, 0) is 33.8 Å². The van der Waals surface area contributed by atoms with Gasteiger partial charge < -0.3 is 21.1 Å². The van der Waals surface area contributed by atoms with Crippen LogP contribution in [0.5, 0.6) is 0 Å². The fraction of sp³-hybridized carbons (Fsp3) is 0.308. The van der Waals surface area contributed by atoms with E-state index in [-0.39, 0.29) is 12.5 Å². The van der Waals surface area contributed by atoms with E-state index in [1.54, 1.807) is 30.3 Å². The molecule has 0 aliphatic carbocycles. The average Bonchev–Trinajstić information content (AvgIpc) is 3.58. The Morgan fingerprint density at radius 2 is 1.89 bits per heavy atom. The molecular formula is C26H27N7O5. The lowest BCUT2D eigenvalue weighted by Gasteiger charge is -2.28. The summed E-state index contributed by atoms with van der Waals surface area (Å²) in [5.41, 5.74) is 3.38. The zero-order valence-corrected chi connectivity index (χ0v) is 20.4. The number of aliphatic hydroxyl groups excluding tert-OH is 1. The van der Waals surface area contributed by atoms with E-state index in [4.69, 9.17) is 0 Å². The maximum Gasteiger partial charge on any atom is 0.251 e. The standard InChI is InChI=1S/C26H27N7O5/c34-14-20(30-23(35)16-5-2-1-3-6-16)24(36)29-19-10-9-15-7-4-8-17-11-21(33(22(15)17)26(19)38)25(37)27-12-18-13-28-32-31-18/h1-8,13,19-21,34H,9-12,14H2,(H,27,37)(H,29,36)(H,30,35)(H,28,31,32)/t19-,20-,21-/m0/s1. The van der Waals surface area contributed by atoms with Gasteiger partial charge >= 0.3 is 0 Å². The summed E-state index contributed by atoms with van der Waals surface area (Å²) in [5, 5.41) is 28.0. The maximum absolute atomic E-state index is 13.8. The van der Waals surface area contributed by atoms with Gasteiger partial charge in [0.25, 0.3) is 5.91 Å². The van der Waals surface area contributed by atoms with Crippen LogP contribution in [0.2, 0.25) is 0 Å². The monoisotopic (exact) mass is 517 g/mol. The molecule has 0 unspecified atom stereocenters. The number of para-hydroxylation sites is 1. The van der Waals surface area contributed by atoms with Gasteiger partial charge in [0, 0.05) is 12.0 Å². The molecule has 38 heavy (non-hydrogen) atoms. The molecule has 5 N–H and O–H groups in total. The van der Waals surface area contributed by atoms with Crippen LogP contribution in [0.3, 0.4) is 0 Å². The zero-order valence-electron chi connectivity index (χ0n) is 20.4. The first-order chi connectivity index (χ1) is 18.5. The minimum Gasteiger partial charge on any atom is -0.394 e. The summed E-state index contributed by atoms with van der Waals surface area (Å²) in [6.45, 7) is -0.497. The van der Waals surface area contributed by atoms with Crippen LogP contribution in [0.25, 0.3) is 0 Å². The number of rotatable bonds is 8. The van der Waals surface area contributed by atoms with Crippen LogP contribution in [0.1, 0.15) is 33.6 Å². The van der Waals surface area contributed by atoms with E-state index in [2.05, 4.69) is 31.4 Å². The number of amides is 4. The second-order valence-corrected chi connectivity index (χ2v) is 9.21. The van der Waals surface area contributed by atoms with Crippen LogP contribution in [0.4, 0.5) is 5.69 Å². The molecule has 2 aromatic carbocycles. The summed E-state index contributed by atoms with van der Waals surface area (Å²) >= 11 is 0. The molecule has 0 bridgehead atoms. The first kappa shape index (κ1) is 25.1. The Balaban J connectivity index is 1.32. The van der Waals surface area contributed by atoms with Gasteiger partial charge in [-0.3, -0.25) is 24.1 Å². The fourth-order valence-electron chi connectivity index (χ4n) is 4.88. The largest absolute Gasteiger partial charge is 0.394 e. The van der Waals surface area contributed by atoms with Crippen molar-refractivity contribution in [2.24, 2.45) is 0 Å². The topological polar surface area (TPSA) is 169 Å². The average molecular weight is 518 g/mol. The summed E-state index contributed by atoms with van der Waals surface area (Å²) in [6, 6.07) is 11.0. The third kappa shape index (κ3) is 4.98. The molecule has 196 valence electrons. The normalized spacial score (nSPS) is 18.8. The van der Waals surface area contributed by atoms with Crippen LogP contribution in [0.15, 0.2) is 54.7 Å².